The van der Waals surface area contributed by atoms with Crippen molar-refractivity contribution in [3.05, 3.63) is 86.8 Å². The van der Waals surface area contributed by atoms with Crippen molar-refractivity contribution in [2.45, 2.75) is 6.92 Å². The van der Waals surface area contributed by atoms with Gasteiger partial charge in [-0.25, -0.2) is 4.79 Å². The molecular weight excluding hydrogens is 518 g/mol. The van der Waals surface area contributed by atoms with Gasteiger partial charge in [0.15, 0.2) is 0 Å². The Morgan fingerprint density at radius 1 is 0.882 bits per heavy atom. The predicted molar refractivity (Wildman–Crippen MR) is 140 cm³/mol. The van der Waals surface area contributed by atoms with Gasteiger partial charge in [-0.1, -0.05) is 33.6 Å². The number of esters is 1. The van der Waals surface area contributed by atoms with Gasteiger partial charge >= 0.3 is 5.97 Å². The highest BCUT2D eigenvalue weighted by Gasteiger charge is 2.23. The third-order valence-electron chi connectivity index (χ3n) is 5.90. The number of aryl methyl sites for hydroxylation is 1. The second-order valence-electron chi connectivity index (χ2n) is 8.09. The molecule has 1 N–H and O–H groups in total. The lowest BCUT2D eigenvalue weighted by atomic mass is 10.1. The van der Waals surface area contributed by atoms with Crippen LogP contribution in [0.2, 0.25) is 5.02 Å². The summed E-state index contributed by atoms with van der Waals surface area (Å²) in [6.07, 6.45) is 0. The number of hydrogen-bond acceptors (Lipinski definition) is 5. The highest BCUT2D eigenvalue weighted by molar-refractivity contribution is 9.10. The number of ether oxygens (including phenoxy) is 1. The zero-order valence-corrected chi connectivity index (χ0v) is 21.3. The molecule has 176 valence electrons. The van der Waals surface area contributed by atoms with Gasteiger partial charge in [-0.05, 0) is 67.1 Å². The fourth-order valence-electron chi connectivity index (χ4n) is 4.06. The Kier molecular flexibility index (Phi) is 7.44. The zero-order chi connectivity index (χ0) is 24.2. The first-order valence-electron chi connectivity index (χ1n) is 10.9. The van der Waals surface area contributed by atoms with Crippen molar-refractivity contribution >= 4 is 56.5 Å². The van der Waals surface area contributed by atoms with Crippen LogP contribution in [0.15, 0.2) is 65.1 Å². The number of halogens is 2. The molecule has 3 aromatic carbocycles. The molecule has 1 saturated heterocycles. The number of benzene rings is 3. The van der Waals surface area contributed by atoms with E-state index in [9.17, 15) is 9.59 Å². The van der Waals surface area contributed by atoms with Crippen LogP contribution in [-0.2, 0) is 4.74 Å². The van der Waals surface area contributed by atoms with Gasteiger partial charge in [0, 0.05) is 46.9 Å². The minimum absolute atomic E-state index is 0.246. The van der Waals surface area contributed by atoms with E-state index in [0.29, 0.717) is 16.8 Å². The third kappa shape index (κ3) is 5.37. The lowest BCUT2D eigenvalue weighted by Gasteiger charge is -2.38. The summed E-state index contributed by atoms with van der Waals surface area (Å²) >= 11 is 9.61. The van der Waals surface area contributed by atoms with Gasteiger partial charge in [0.05, 0.1) is 24.0 Å². The van der Waals surface area contributed by atoms with Gasteiger partial charge in [-0.15, -0.1) is 0 Å². The van der Waals surface area contributed by atoms with Crippen LogP contribution >= 0.6 is 27.5 Å². The largest absolute Gasteiger partial charge is 0.465 e. The summed E-state index contributed by atoms with van der Waals surface area (Å²) in [5.41, 5.74) is 4.66. The fraction of sp³-hybridized carbons (Fsp3) is 0.231. The molecule has 0 unspecified atom stereocenters. The smallest absolute Gasteiger partial charge is 0.337 e. The molecule has 1 heterocycles. The van der Waals surface area contributed by atoms with Crippen molar-refractivity contribution in [3.8, 4) is 0 Å². The SMILES string of the molecule is COC(=O)c1ccc(N2CCN(c3cc(Cl)ccc3C)CC2)c(NC(=O)c2ccc(Br)cc2)c1. The average molecular weight is 543 g/mol. The minimum Gasteiger partial charge on any atom is -0.465 e. The maximum Gasteiger partial charge on any atom is 0.337 e. The number of piperazine rings is 1. The first-order valence-corrected chi connectivity index (χ1v) is 12.1. The summed E-state index contributed by atoms with van der Waals surface area (Å²) in [5.74, 6) is -0.698. The molecule has 1 fully saturated rings. The molecule has 0 bridgehead atoms. The van der Waals surface area contributed by atoms with Crippen LogP contribution in [0.3, 0.4) is 0 Å². The maximum absolute atomic E-state index is 12.9. The van der Waals surface area contributed by atoms with Crippen molar-refractivity contribution in [2.75, 3.05) is 48.4 Å². The average Bonchev–Trinajstić information content (AvgIpc) is 2.85. The number of hydrogen-bond donors (Lipinski definition) is 1. The van der Waals surface area contributed by atoms with E-state index in [1.54, 1.807) is 24.3 Å². The third-order valence-corrected chi connectivity index (χ3v) is 6.67. The van der Waals surface area contributed by atoms with Crippen LogP contribution in [0.4, 0.5) is 17.1 Å². The molecule has 1 aliphatic heterocycles. The van der Waals surface area contributed by atoms with E-state index < -0.39 is 5.97 Å². The molecule has 3 aromatic rings. The number of nitrogens with zero attached hydrogens (tertiary/aromatic N) is 2. The van der Waals surface area contributed by atoms with E-state index in [0.717, 1.165) is 47.0 Å². The minimum atomic E-state index is -0.452. The molecule has 0 radical (unpaired) electrons. The molecule has 0 spiro atoms. The van der Waals surface area contributed by atoms with E-state index in [1.807, 2.05) is 36.4 Å². The van der Waals surface area contributed by atoms with Crippen molar-refractivity contribution in [1.82, 2.24) is 0 Å². The lowest BCUT2D eigenvalue weighted by Crippen LogP contribution is -2.47. The Morgan fingerprint density at radius 3 is 2.15 bits per heavy atom. The molecule has 8 heteroatoms. The molecule has 1 aliphatic rings. The highest BCUT2D eigenvalue weighted by Crippen LogP contribution is 2.31. The molecule has 34 heavy (non-hydrogen) atoms. The van der Waals surface area contributed by atoms with Gasteiger partial charge < -0.3 is 19.9 Å². The summed E-state index contributed by atoms with van der Waals surface area (Å²) in [4.78, 5) is 29.6. The van der Waals surface area contributed by atoms with E-state index in [1.165, 1.54) is 12.7 Å². The van der Waals surface area contributed by atoms with Gasteiger partial charge in [0.2, 0.25) is 0 Å². The molecule has 0 saturated carbocycles. The van der Waals surface area contributed by atoms with E-state index in [2.05, 4.69) is 38.0 Å². The van der Waals surface area contributed by atoms with Crippen LogP contribution in [-0.4, -0.2) is 45.2 Å². The molecule has 0 aliphatic carbocycles. The van der Waals surface area contributed by atoms with Crippen molar-refractivity contribution < 1.29 is 14.3 Å². The standard InChI is InChI=1S/C26H25BrClN3O3/c1-17-3-9-21(28)16-24(17)31-13-11-30(12-14-31)23-10-6-19(26(33)34-2)15-22(23)29-25(32)18-4-7-20(27)8-5-18/h3-10,15-16H,11-14H2,1-2H3,(H,29,32). The Hall–Kier alpha value is -3.03. The van der Waals surface area contributed by atoms with E-state index in [4.69, 9.17) is 16.3 Å². The topological polar surface area (TPSA) is 61.9 Å². The molecule has 1 amide bonds. The van der Waals surface area contributed by atoms with Crippen LogP contribution in [0.1, 0.15) is 26.3 Å². The maximum atomic E-state index is 12.9. The van der Waals surface area contributed by atoms with Crippen molar-refractivity contribution in [1.29, 1.82) is 0 Å². The summed E-state index contributed by atoms with van der Waals surface area (Å²) in [5, 5.41) is 3.71. The summed E-state index contributed by atoms with van der Waals surface area (Å²) in [6, 6.07) is 18.3. The number of carbonyl (C=O) groups is 2. The van der Waals surface area contributed by atoms with Crippen molar-refractivity contribution in [2.24, 2.45) is 0 Å². The van der Waals surface area contributed by atoms with Crippen LogP contribution in [0, 0.1) is 6.92 Å². The summed E-state index contributed by atoms with van der Waals surface area (Å²) in [6.45, 7) is 5.20. The van der Waals surface area contributed by atoms with Gasteiger partial charge in [0.1, 0.15) is 0 Å². The monoisotopic (exact) mass is 541 g/mol. The Morgan fingerprint density at radius 2 is 1.50 bits per heavy atom. The van der Waals surface area contributed by atoms with E-state index >= 15 is 0 Å². The van der Waals surface area contributed by atoms with Crippen molar-refractivity contribution in [3.63, 3.8) is 0 Å². The van der Waals surface area contributed by atoms with Gasteiger partial charge in [-0.3, -0.25) is 4.79 Å². The number of rotatable bonds is 5. The van der Waals surface area contributed by atoms with Gasteiger partial charge in [-0.2, -0.15) is 0 Å². The summed E-state index contributed by atoms with van der Waals surface area (Å²) < 4.78 is 5.77. The Labute approximate surface area is 212 Å². The number of methoxy groups -OCH3 is 1. The van der Waals surface area contributed by atoms with E-state index in [-0.39, 0.29) is 5.91 Å². The quantitative estimate of drug-likeness (QED) is 0.414. The normalized spacial score (nSPS) is 13.5. The number of nitrogens with one attached hydrogen (secondary N) is 1. The zero-order valence-electron chi connectivity index (χ0n) is 19.0. The second kappa shape index (κ2) is 10.5. The second-order valence-corrected chi connectivity index (χ2v) is 9.44. The molecule has 4 rings (SSSR count). The first kappa shape index (κ1) is 24.1. The Bertz CT molecular complexity index is 1210. The van der Waals surface area contributed by atoms with Crippen LogP contribution < -0.4 is 15.1 Å². The first-order chi connectivity index (χ1) is 16.4. The lowest BCUT2D eigenvalue weighted by molar-refractivity contribution is 0.0600. The molecular formula is C26H25BrClN3O3. The van der Waals surface area contributed by atoms with Crippen LogP contribution in [0.25, 0.3) is 0 Å². The highest BCUT2D eigenvalue weighted by atomic mass is 79.9. The number of carbonyl (C=O) groups excluding carboxylic acids is 2. The number of amides is 1. The molecule has 0 aromatic heterocycles. The predicted octanol–water partition coefficient (Wildman–Crippen LogP) is 5.78. The molecule has 0 atom stereocenters. The number of anilines is 3. The fourth-order valence-corrected chi connectivity index (χ4v) is 4.49. The van der Waals surface area contributed by atoms with Gasteiger partial charge in [0.25, 0.3) is 5.91 Å². The molecule has 6 nitrogen and oxygen atoms in total. The van der Waals surface area contributed by atoms with Crippen LogP contribution in [0.5, 0.6) is 0 Å². The summed E-state index contributed by atoms with van der Waals surface area (Å²) in [7, 11) is 1.34. The Balaban J connectivity index is 1.57.